The second kappa shape index (κ2) is 16.6. The van der Waals surface area contributed by atoms with Crippen LogP contribution in [-0.2, 0) is 20.9 Å². The molecule has 0 bridgehead atoms. The van der Waals surface area contributed by atoms with Gasteiger partial charge in [-0.1, -0.05) is 98.4 Å². The number of ketones is 1. The van der Waals surface area contributed by atoms with Crippen LogP contribution in [0.5, 0.6) is 5.75 Å². The van der Waals surface area contributed by atoms with Crippen molar-refractivity contribution in [2.75, 3.05) is 13.2 Å². The number of rotatable bonds is 14. The van der Waals surface area contributed by atoms with Gasteiger partial charge in [0.25, 0.3) is 0 Å². The molecule has 7 heteroatoms. The predicted molar refractivity (Wildman–Crippen MR) is 223 cm³/mol. The van der Waals surface area contributed by atoms with Crippen molar-refractivity contribution in [1.82, 2.24) is 4.57 Å². The lowest BCUT2D eigenvalue weighted by Crippen LogP contribution is -2.18. The van der Waals surface area contributed by atoms with Crippen molar-refractivity contribution in [3.8, 4) is 5.75 Å². The number of hydrogen-bond donors (Lipinski definition) is 0. The molecule has 0 N–H and O–H groups in total. The van der Waals surface area contributed by atoms with Gasteiger partial charge in [0.05, 0.1) is 11.6 Å². The Morgan fingerprint density at radius 2 is 1.62 bits per heavy atom. The van der Waals surface area contributed by atoms with E-state index < -0.39 is 5.97 Å². The van der Waals surface area contributed by atoms with Crippen LogP contribution >= 0.6 is 0 Å². The van der Waals surface area contributed by atoms with E-state index in [9.17, 15) is 9.59 Å². The maximum atomic E-state index is 14.7. The van der Waals surface area contributed by atoms with Crippen molar-refractivity contribution >= 4 is 50.0 Å². The van der Waals surface area contributed by atoms with E-state index in [1.807, 2.05) is 44.2 Å². The lowest BCUT2D eigenvalue weighted by molar-refractivity contribution is -0.140. The van der Waals surface area contributed by atoms with Crippen molar-refractivity contribution in [2.24, 2.45) is 11.1 Å². The van der Waals surface area contributed by atoms with Gasteiger partial charge in [0, 0.05) is 64.0 Å². The quantitative estimate of drug-likeness (QED) is 0.0481. The zero-order chi connectivity index (χ0) is 38.6. The standard InChI is InChI=1S/C48H52N2O5/c1-7-9-15-34(8-2)28-50-43-22-21-35(46(49-55-33(6)51)39-19-12-13-20-44(39)54-29-36-16-14-23-53-36)26-40(43)41-27-42(37-17-10-11-18-38(37)47(41)50)48(52)45-31(4)24-30(3)25-32(45)5/h10-13,17-22,24-27,34,36H,7-9,14-16,23,28-29H2,1-6H3/b49-46+. The number of benzene rings is 5. The van der Waals surface area contributed by atoms with E-state index in [1.165, 1.54) is 13.3 Å². The third-order valence-corrected chi connectivity index (χ3v) is 11.1. The molecular weight excluding hydrogens is 685 g/mol. The molecule has 0 amide bonds. The van der Waals surface area contributed by atoms with Gasteiger partial charge in [-0.05, 0) is 92.8 Å². The number of unbranched alkanes of at least 4 members (excludes halogenated alkanes) is 1. The minimum absolute atomic E-state index is 0.0222. The predicted octanol–water partition coefficient (Wildman–Crippen LogP) is 11.2. The third-order valence-electron chi connectivity index (χ3n) is 11.1. The normalized spacial score (nSPS) is 15.2. The van der Waals surface area contributed by atoms with Crippen LogP contribution < -0.4 is 4.74 Å². The second-order valence-corrected chi connectivity index (χ2v) is 15.2. The number of hydrogen-bond acceptors (Lipinski definition) is 6. The molecule has 7 rings (SSSR count). The van der Waals surface area contributed by atoms with Gasteiger partial charge in [0.15, 0.2) is 5.78 Å². The molecule has 1 saturated heterocycles. The van der Waals surface area contributed by atoms with E-state index in [1.54, 1.807) is 0 Å². The van der Waals surface area contributed by atoms with Gasteiger partial charge < -0.3 is 18.9 Å². The number of ether oxygens (including phenoxy) is 2. The zero-order valence-electron chi connectivity index (χ0n) is 33.0. The Morgan fingerprint density at radius 1 is 0.873 bits per heavy atom. The largest absolute Gasteiger partial charge is 0.490 e. The SMILES string of the molecule is CCCCC(CC)Cn1c2ccc(/C(=N\OC(C)=O)c3ccccc3OCC3CCCO3)cc2c2cc(C(=O)c3c(C)cc(C)cc3C)c3ccccc3c21. The number of oxime groups is 1. The number of nitrogens with zero attached hydrogens (tertiary/aromatic N) is 2. The molecule has 1 fully saturated rings. The molecule has 55 heavy (non-hydrogen) atoms. The van der Waals surface area contributed by atoms with Gasteiger partial charge in [-0.3, -0.25) is 4.79 Å². The molecule has 1 aliphatic heterocycles. The Hall–Kier alpha value is -5.27. The van der Waals surface area contributed by atoms with Gasteiger partial charge in [0.2, 0.25) is 0 Å². The fraction of sp³-hybridized carbons (Fsp3) is 0.354. The first kappa shape index (κ1) is 38.0. The Balaban J connectivity index is 1.47. The van der Waals surface area contributed by atoms with E-state index in [4.69, 9.17) is 14.3 Å². The van der Waals surface area contributed by atoms with Gasteiger partial charge in [-0.2, -0.15) is 0 Å². The van der Waals surface area contributed by atoms with Crippen LogP contribution in [0.3, 0.4) is 0 Å². The van der Waals surface area contributed by atoms with E-state index in [0.717, 1.165) is 106 Å². The van der Waals surface area contributed by atoms with Gasteiger partial charge in [-0.15, -0.1) is 0 Å². The van der Waals surface area contributed by atoms with Crippen molar-refractivity contribution in [2.45, 2.75) is 92.7 Å². The summed E-state index contributed by atoms with van der Waals surface area (Å²) in [5, 5.41) is 8.45. The summed E-state index contributed by atoms with van der Waals surface area (Å²) in [6, 6.07) is 28.7. The molecule has 7 nitrogen and oxygen atoms in total. The average molecular weight is 737 g/mol. The van der Waals surface area contributed by atoms with E-state index in [2.05, 4.69) is 85.1 Å². The van der Waals surface area contributed by atoms with Crippen LogP contribution in [0.4, 0.5) is 0 Å². The molecule has 0 spiro atoms. The molecule has 1 aliphatic rings. The Labute approximate surface area is 324 Å². The monoisotopic (exact) mass is 736 g/mol. The van der Waals surface area contributed by atoms with Crippen molar-refractivity contribution in [3.05, 3.63) is 124 Å². The van der Waals surface area contributed by atoms with Crippen LogP contribution in [0.15, 0.2) is 90.1 Å². The third kappa shape index (κ3) is 7.81. The topological polar surface area (TPSA) is 79.1 Å². The van der Waals surface area contributed by atoms with E-state index in [0.29, 0.717) is 35.1 Å². The molecular formula is C48H52N2O5. The van der Waals surface area contributed by atoms with E-state index in [-0.39, 0.29) is 11.9 Å². The number of carbonyl (C=O) groups excluding carboxylic acids is 2. The van der Waals surface area contributed by atoms with Crippen molar-refractivity contribution in [1.29, 1.82) is 0 Å². The summed E-state index contributed by atoms with van der Waals surface area (Å²) in [4.78, 5) is 32.3. The zero-order valence-corrected chi connectivity index (χ0v) is 33.0. The minimum Gasteiger partial charge on any atom is -0.490 e. The van der Waals surface area contributed by atoms with Gasteiger partial charge in [0.1, 0.15) is 18.1 Å². The molecule has 0 aliphatic carbocycles. The molecule has 0 radical (unpaired) electrons. The number of aryl methyl sites for hydroxylation is 3. The van der Waals surface area contributed by atoms with Crippen LogP contribution in [0.2, 0.25) is 0 Å². The summed E-state index contributed by atoms with van der Waals surface area (Å²) in [5.74, 6) is 0.636. The van der Waals surface area contributed by atoms with Crippen molar-refractivity contribution < 1.29 is 23.9 Å². The van der Waals surface area contributed by atoms with Crippen LogP contribution in [0, 0.1) is 26.7 Å². The fourth-order valence-corrected chi connectivity index (χ4v) is 8.45. The van der Waals surface area contributed by atoms with Gasteiger partial charge in [-0.25, -0.2) is 4.79 Å². The lowest BCUT2D eigenvalue weighted by atomic mass is 9.89. The van der Waals surface area contributed by atoms with Crippen LogP contribution in [-0.4, -0.2) is 41.3 Å². The summed E-state index contributed by atoms with van der Waals surface area (Å²) in [5.41, 5.74) is 8.69. The summed E-state index contributed by atoms with van der Waals surface area (Å²) < 4.78 is 14.7. The summed E-state index contributed by atoms with van der Waals surface area (Å²) in [6.45, 7) is 14.0. The van der Waals surface area contributed by atoms with Gasteiger partial charge >= 0.3 is 5.97 Å². The Morgan fingerprint density at radius 3 is 2.33 bits per heavy atom. The molecule has 5 aromatic carbocycles. The molecule has 0 saturated carbocycles. The lowest BCUT2D eigenvalue weighted by Gasteiger charge is -2.19. The minimum atomic E-state index is -0.512. The van der Waals surface area contributed by atoms with E-state index >= 15 is 0 Å². The van der Waals surface area contributed by atoms with Crippen LogP contribution in [0.1, 0.15) is 103 Å². The second-order valence-electron chi connectivity index (χ2n) is 15.2. The summed E-state index contributed by atoms with van der Waals surface area (Å²) in [7, 11) is 0. The highest BCUT2D eigenvalue weighted by Gasteiger charge is 2.25. The van der Waals surface area contributed by atoms with Crippen LogP contribution in [0.25, 0.3) is 32.6 Å². The van der Waals surface area contributed by atoms with Crippen molar-refractivity contribution in [3.63, 3.8) is 0 Å². The highest BCUT2D eigenvalue weighted by molar-refractivity contribution is 6.27. The molecule has 2 unspecified atom stereocenters. The number of aromatic nitrogens is 1. The number of para-hydroxylation sites is 1. The number of fused-ring (bicyclic) bond motifs is 5. The molecule has 1 aromatic heterocycles. The molecule has 6 aromatic rings. The summed E-state index contributed by atoms with van der Waals surface area (Å²) >= 11 is 0. The highest BCUT2D eigenvalue weighted by atomic mass is 16.7. The first-order valence-corrected chi connectivity index (χ1v) is 19.9. The Bertz CT molecular complexity index is 2390. The first-order chi connectivity index (χ1) is 26.7. The summed E-state index contributed by atoms with van der Waals surface area (Å²) in [6.07, 6.45) is 6.56. The first-order valence-electron chi connectivity index (χ1n) is 19.9. The Kier molecular flexibility index (Phi) is 11.5. The smallest absolute Gasteiger partial charge is 0.332 e. The molecule has 2 atom stereocenters. The highest BCUT2D eigenvalue weighted by Crippen LogP contribution is 2.39. The molecule has 284 valence electrons. The molecule has 2 heterocycles. The average Bonchev–Trinajstić information content (AvgIpc) is 3.81. The maximum absolute atomic E-state index is 14.7. The maximum Gasteiger partial charge on any atom is 0.332 e. The fourth-order valence-electron chi connectivity index (χ4n) is 8.45. The number of carbonyl (C=O) groups is 2.